The van der Waals surface area contributed by atoms with Crippen molar-refractivity contribution in [2.24, 2.45) is 0 Å². The van der Waals surface area contributed by atoms with E-state index in [0.717, 1.165) is 13.8 Å². The van der Waals surface area contributed by atoms with Crippen LogP contribution >= 0.6 is 0 Å². The van der Waals surface area contributed by atoms with Crippen LogP contribution in [0, 0.1) is 0 Å². The SMILES string of the molecule is C=C(C)C(=O)OCCN(CC)S(=O)(=O)C(F)(F)C(F)(F)C(F)(F)C(F)(F)C(F)(F)F. The first-order valence-electron chi connectivity index (χ1n) is 7.44. The van der Waals surface area contributed by atoms with Gasteiger partial charge in [-0.1, -0.05) is 13.5 Å². The van der Waals surface area contributed by atoms with Crippen LogP contribution in [0.25, 0.3) is 0 Å². The molecule has 0 aliphatic carbocycles. The zero-order chi connectivity index (χ0) is 24.6. The molecule has 178 valence electrons. The fraction of sp³-hybridized carbons (Fsp3) is 0.769. The van der Waals surface area contributed by atoms with Crippen molar-refractivity contribution in [3.63, 3.8) is 0 Å². The summed E-state index contributed by atoms with van der Waals surface area (Å²) >= 11 is 0. The number of hydrogen-bond acceptors (Lipinski definition) is 4. The topological polar surface area (TPSA) is 63.7 Å². The lowest BCUT2D eigenvalue weighted by molar-refractivity contribution is -0.413. The number of alkyl halides is 11. The van der Waals surface area contributed by atoms with Gasteiger partial charge in [0.05, 0.1) is 0 Å². The Hall–Kier alpha value is -1.65. The van der Waals surface area contributed by atoms with Gasteiger partial charge in [-0.25, -0.2) is 13.2 Å². The first kappa shape index (κ1) is 28.3. The van der Waals surface area contributed by atoms with Gasteiger partial charge in [0, 0.05) is 18.7 Å². The molecular weight excluding hydrogens is 475 g/mol. The number of halogens is 11. The Bertz CT molecular complexity index is 762. The Kier molecular flexibility index (Phi) is 8.00. The van der Waals surface area contributed by atoms with Crippen molar-refractivity contribution in [3.8, 4) is 0 Å². The van der Waals surface area contributed by atoms with Crippen LogP contribution in [0.3, 0.4) is 0 Å². The third-order valence-electron chi connectivity index (χ3n) is 3.45. The molecular formula is C13H14F11NO4S. The number of rotatable bonds is 10. The lowest BCUT2D eigenvalue weighted by Crippen LogP contribution is -2.69. The van der Waals surface area contributed by atoms with Crippen molar-refractivity contribution in [1.29, 1.82) is 0 Å². The first-order valence-corrected chi connectivity index (χ1v) is 8.88. The molecule has 0 atom stereocenters. The van der Waals surface area contributed by atoms with E-state index in [1.807, 2.05) is 0 Å². The Balaban J connectivity index is 6.09. The molecule has 0 saturated carbocycles. The number of likely N-dealkylation sites (N-methyl/N-ethyl adjacent to an activating group) is 1. The zero-order valence-electron chi connectivity index (χ0n) is 15.0. The Morgan fingerprint density at radius 1 is 0.900 bits per heavy atom. The third kappa shape index (κ3) is 4.50. The summed E-state index contributed by atoms with van der Waals surface area (Å²) in [6.45, 7) is 1.33. The highest BCUT2D eigenvalue weighted by atomic mass is 32.2. The van der Waals surface area contributed by atoms with Crippen molar-refractivity contribution in [3.05, 3.63) is 12.2 Å². The van der Waals surface area contributed by atoms with E-state index in [1.165, 1.54) is 0 Å². The molecule has 0 rings (SSSR count). The quantitative estimate of drug-likeness (QED) is 0.266. The second kappa shape index (κ2) is 8.47. The van der Waals surface area contributed by atoms with Crippen LogP contribution in [0.5, 0.6) is 0 Å². The highest BCUT2D eigenvalue weighted by molar-refractivity contribution is 7.90. The average molecular weight is 489 g/mol. The van der Waals surface area contributed by atoms with Gasteiger partial charge in [-0.15, -0.1) is 0 Å². The maximum atomic E-state index is 13.9. The maximum Gasteiger partial charge on any atom is 0.460 e. The van der Waals surface area contributed by atoms with E-state index in [-0.39, 0.29) is 5.57 Å². The van der Waals surface area contributed by atoms with Gasteiger partial charge in [-0.2, -0.15) is 52.6 Å². The van der Waals surface area contributed by atoms with E-state index in [0.29, 0.717) is 0 Å². The molecule has 0 unspecified atom stereocenters. The summed E-state index contributed by atoms with van der Waals surface area (Å²) in [5.41, 5.74) is -0.258. The Morgan fingerprint density at radius 2 is 1.33 bits per heavy atom. The predicted octanol–water partition coefficient (Wildman–Crippen LogP) is 3.82. The monoisotopic (exact) mass is 489 g/mol. The second-order valence-electron chi connectivity index (χ2n) is 5.65. The molecule has 17 heteroatoms. The van der Waals surface area contributed by atoms with Crippen LogP contribution in [-0.4, -0.2) is 67.6 Å². The molecule has 0 amide bonds. The summed E-state index contributed by atoms with van der Waals surface area (Å²) in [5.74, 6) is -24.5. The standard InChI is InChI=1S/C13H14F11NO4S/c1-4-25(5-6-29-8(26)7(2)3)30(27,28)13(23,24)11(18,19)9(14,15)10(16,17)12(20,21)22/h2,4-6H2,1,3H3. The molecule has 0 aromatic rings. The highest BCUT2D eigenvalue weighted by Crippen LogP contribution is 2.58. The second-order valence-corrected chi connectivity index (χ2v) is 7.63. The molecule has 0 aromatic carbocycles. The van der Waals surface area contributed by atoms with Crippen molar-refractivity contribution >= 4 is 16.0 Å². The summed E-state index contributed by atoms with van der Waals surface area (Å²) in [7, 11) is -6.96. The minimum atomic E-state index is -7.86. The van der Waals surface area contributed by atoms with Crippen molar-refractivity contribution in [2.75, 3.05) is 19.7 Å². The molecule has 0 aliphatic rings. The molecule has 30 heavy (non-hydrogen) atoms. The van der Waals surface area contributed by atoms with Crippen LogP contribution in [-0.2, 0) is 19.6 Å². The van der Waals surface area contributed by atoms with Crippen LogP contribution < -0.4 is 0 Å². The van der Waals surface area contributed by atoms with Gasteiger partial charge < -0.3 is 4.74 Å². The number of sulfonamides is 1. The number of ether oxygens (including phenoxy) is 1. The van der Waals surface area contributed by atoms with Crippen molar-refractivity contribution in [2.45, 2.75) is 43.0 Å². The summed E-state index contributed by atoms with van der Waals surface area (Å²) in [4.78, 5) is 11.1. The maximum absolute atomic E-state index is 13.9. The fourth-order valence-electron chi connectivity index (χ4n) is 1.69. The average Bonchev–Trinajstić information content (AvgIpc) is 2.56. The molecule has 0 bridgehead atoms. The van der Waals surface area contributed by atoms with Gasteiger partial charge in [-0.3, -0.25) is 0 Å². The summed E-state index contributed by atoms with van der Waals surface area (Å²) in [5, 5.41) is -7.12. The van der Waals surface area contributed by atoms with E-state index in [1.54, 1.807) is 0 Å². The number of esters is 1. The molecule has 0 aromatic heterocycles. The van der Waals surface area contributed by atoms with Gasteiger partial charge in [0.2, 0.25) is 0 Å². The minimum absolute atomic E-state index is 0.258. The predicted molar refractivity (Wildman–Crippen MR) is 77.8 cm³/mol. The number of nitrogens with zero attached hydrogens (tertiary/aromatic N) is 1. The van der Waals surface area contributed by atoms with Crippen LogP contribution in [0.15, 0.2) is 12.2 Å². The van der Waals surface area contributed by atoms with Gasteiger partial charge in [0.25, 0.3) is 10.0 Å². The van der Waals surface area contributed by atoms with Crippen LogP contribution in [0.2, 0.25) is 0 Å². The van der Waals surface area contributed by atoms with Gasteiger partial charge in [-0.05, 0) is 6.92 Å². The third-order valence-corrected chi connectivity index (χ3v) is 5.47. The van der Waals surface area contributed by atoms with E-state index in [2.05, 4.69) is 11.3 Å². The van der Waals surface area contributed by atoms with Crippen LogP contribution in [0.1, 0.15) is 13.8 Å². The van der Waals surface area contributed by atoms with E-state index < -0.39 is 69.2 Å². The smallest absolute Gasteiger partial charge is 0.460 e. The summed E-state index contributed by atoms with van der Waals surface area (Å²) in [6, 6.07) is 0. The number of hydrogen-bond donors (Lipinski definition) is 0. The van der Waals surface area contributed by atoms with E-state index in [9.17, 15) is 61.5 Å². The van der Waals surface area contributed by atoms with Gasteiger partial charge >= 0.3 is 35.2 Å². The normalized spacial score (nSPS) is 14.7. The molecule has 5 nitrogen and oxygen atoms in total. The van der Waals surface area contributed by atoms with E-state index in [4.69, 9.17) is 0 Å². The summed E-state index contributed by atoms with van der Waals surface area (Å²) in [6.07, 6.45) is -7.42. The number of carbonyl (C=O) groups is 1. The zero-order valence-corrected chi connectivity index (χ0v) is 15.8. The molecule has 0 aliphatic heterocycles. The van der Waals surface area contributed by atoms with Gasteiger partial charge in [0.15, 0.2) is 0 Å². The largest absolute Gasteiger partial charge is 0.461 e. The fourth-order valence-corrected chi connectivity index (χ4v) is 3.12. The molecule has 0 saturated heterocycles. The lowest BCUT2D eigenvalue weighted by Gasteiger charge is -2.38. The van der Waals surface area contributed by atoms with Crippen molar-refractivity contribution < 1.29 is 66.2 Å². The lowest BCUT2D eigenvalue weighted by atomic mass is 10.0. The molecule has 0 heterocycles. The number of carbonyl (C=O) groups excluding carboxylic acids is 1. The first-order chi connectivity index (χ1) is 13.0. The molecule has 0 N–H and O–H groups in total. The Morgan fingerprint density at radius 3 is 1.67 bits per heavy atom. The van der Waals surface area contributed by atoms with Crippen LogP contribution in [0.4, 0.5) is 48.3 Å². The van der Waals surface area contributed by atoms with Crippen molar-refractivity contribution in [1.82, 2.24) is 4.31 Å². The Labute approximate surface area is 162 Å². The van der Waals surface area contributed by atoms with Gasteiger partial charge in [0.1, 0.15) is 6.61 Å². The summed E-state index contributed by atoms with van der Waals surface area (Å²) < 4.78 is 170. The highest BCUT2D eigenvalue weighted by Gasteiger charge is 2.89. The molecule has 0 radical (unpaired) electrons. The molecule has 0 fully saturated rings. The van der Waals surface area contributed by atoms with E-state index >= 15 is 0 Å². The molecule has 0 spiro atoms. The minimum Gasteiger partial charge on any atom is -0.461 e.